The van der Waals surface area contributed by atoms with Gasteiger partial charge in [-0.1, -0.05) is 32.0 Å². The molecular weight excluding hydrogens is 460 g/mol. The van der Waals surface area contributed by atoms with Gasteiger partial charge in [-0.25, -0.2) is 8.42 Å². The van der Waals surface area contributed by atoms with Gasteiger partial charge in [0.2, 0.25) is 5.91 Å². The number of carbonyl (C=O) groups excluding carboxylic acids is 1. The summed E-state index contributed by atoms with van der Waals surface area (Å²) in [5.41, 5.74) is 3.20. The molecule has 152 valence electrons. The van der Waals surface area contributed by atoms with Crippen LogP contribution in [0.25, 0.3) is 0 Å². The number of halogens is 1. The molecule has 28 heavy (non-hydrogen) atoms. The van der Waals surface area contributed by atoms with E-state index in [-0.39, 0.29) is 11.8 Å². The third-order valence-electron chi connectivity index (χ3n) is 5.21. The number of para-hydroxylation sites is 1. The van der Waals surface area contributed by atoms with E-state index < -0.39 is 10.0 Å². The van der Waals surface area contributed by atoms with Gasteiger partial charge in [0, 0.05) is 24.7 Å². The average Bonchev–Trinajstić information content (AvgIpc) is 3.15. The maximum atomic E-state index is 12.9. The summed E-state index contributed by atoms with van der Waals surface area (Å²) in [7, 11) is -3.48. The molecular formula is C20H25BrN2O3S2. The molecule has 3 rings (SSSR count). The maximum absolute atomic E-state index is 12.9. The highest BCUT2D eigenvalue weighted by atomic mass is 79.9. The molecule has 0 atom stereocenters. The molecule has 0 radical (unpaired) electrons. The van der Waals surface area contributed by atoms with E-state index in [0.29, 0.717) is 30.1 Å². The topological polar surface area (TPSA) is 66.5 Å². The van der Waals surface area contributed by atoms with E-state index in [2.05, 4.69) is 35.1 Å². The minimum absolute atomic E-state index is 0.00786. The normalized spacial score (nSPS) is 16.2. The molecule has 5 nitrogen and oxygen atoms in total. The van der Waals surface area contributed by atoms with Crippen molar-refractivity contribution in [3.05, 3.63) is 45.2 Å². The van der Waals surface area contributed by atoms with Crippen molar-refractivity contribution < 1.29 is 13.2 Å². The van der Waals surface area contributed by atoms with Crippen LogP contribution in [0.2, 0.25) is 0 Å². The van der Waals surface area contributed by atoms with Crippen LogP contribution in [-0.2, 0) is 27.7 Å². The predicted molar refractivity (Wildman–Crippen MR) is 117 cm³/mol. The fourth-order valence-electron chi connectivity index (χ4n) is 3.55. The van der Waals surface area contributed by atoms with Crippen LogP contribution in [0.3, 0.4) is 0 Å². The number of hydrogen-bond donors (Lipinski definition) is 1. The number of nitrogens with one attached hydrogen (secondary N) is 1. The number of aryl methyl sites for hydroxylation is 2. The van der Waals surface area contributed by atoms with Crippen LogP contribution >= 0.6 is 27.3 Å². The van der Waals surface area contributed by atoms with E-state index in [0.717, 1.165) is 33.4 Å². The Balaban J connectivity index is 1.66. The number of anilines is 1. The highest BCUT2D eigenvalue weighted by Gasteiger charge is 2.33. The van der Waals surface area contributed by atoms with Crippen molar-refractivity contribution >= 4 is 48.9 Å². The Hall–Kier alpha value is -1.22. The largest absolute Gasteiger partial charge is 0.325 e. The molecule has 0 spiro atoms. The van der Waals surface area contributed by atoms with Gasteiger partial charge >= 0.3 is 0 Å². The Morgan fingerprint density at radius 2 is 1.75 bits per heavy atom. The molecule has 1 fully saturated rings. The van der Waals surface area contributed by atoms with Crippen molar-refractivity contribution in [3.8, 4) is 0 Å². The second kappa shape index (κ2) is 9.07. The summed E-state index contributed by atoms with van der Waals surface area (Å²) >= 11 is 4.53. The smallest absolute Gasteiger partial charge is 0.252 e. The molecule has 2 aromatic rings. The second-order valence-corrected chi connectivity index (χ2v) is 11.5. The van der Waals surface area contributed by atoms with Crippen LogP contribution in [0.4, 0.5) is 5.69 Å². The second-order valence-electron chi connectivity index (χ2n) is 6.88. The molecule has 1 saturated heterocycles. The third kappa shape index (κ3) is 4.50. The van der Waals surface area contributed by atoms with Crippen LogP contribution in [-0.4, -0.2) is 31.7 Å². The number of rotatable bonds is 6. The Kier molecular flexibility index (Phi) is 6.96. The van der Waals surface area contributed by atoms with E-state index in [1.54, 1.807) is 12.1 Å². The van der Waals surface area contributed by atoms with E-state index in [1.807, 2.05) is 18.2 Å². The highest BCUT2D eigenvalue weighted by Crippen LogP contribution is 2.31. The van der Waals surface area contributed by atoms with Gasteiger partial charge in [0.25, 0.3) is 10.0 Å². The predicted octanol–water partition coefficient (Wildman–Crippen LogP) is 4.67. The van der Waals surface area contributed by atoms with Gasteiger partial charge in [0.1, 0.15) is 4.21 Å². The lowest BCUT2D eigenvalue weighted by Crippen LogP contribution is -2.41. The Labute approximate surface area is 179 Å². The van der Waals surface area contributed by atoms with Crippen molar-refractivity contribution in [1.29, 1.82) is 0 Å². The lowest BCUT2D eigenvalue weighted by Gasteiger charge is -2.30. The van der Waals surface area contributed by atoms with Crippen LogP contribution in [0, 0.1) is 5.92 Å². The van der Waals surface area contributed by atoms with Gasteiger partial charge in [-0.2, -0.15) is 4.31 Å². The number of nitrogens with zero attached hydrogens (tertiary/aromatic N) is 1. The number of thiophene rings is 1. The summed E-state index contributed by atoms with van der Waals surface area (Å²) in [6.45, 7) is 4.89. The average molecular weight is 485 g/mol. The summed E-state index contributed by atoms with van der Waals surface area (Å²) in [6.07, 6.45) is 2.79. The van der Waals surface area contributed by atoms with E-state index in [9.17, 15) is 13.2 Å². The minimum Gasteiger partial charge on any atom is -0.325 e. The van der Waals surface area contributed by atoms with Gasteiger partial charge in [-0.05, 0) is 64.9 Å². The molecule has 0 unspecified atom stereocenters. The lowest BCUT2D eigenvalue weighted by atomic mass is 9.96. The first kappa shape index (κ1) is 21.5. The zero-order valence-corrected chi connectivity index (χ0v) is 19.3. The molecule has 1 aromatic carbocycles. The SMILES string of the molecule is CCc1cccc(CC)c1NC(=O)C1CCN(S(=O)(=O)c2ccc(Br)s2)CC1. The summed E-state index contributed by atoms with van der Waals surface area (Å²) < 4.78 is 28.1. The van der Waals surface area contributed by atoms with Crippen LogP contribution in [0.5, 0.6) is 0 Å². The molecule has 0 bridgehead atoms. The number of carbonyl (C=O) groups is 1. The number of amides is 1. The van der Waals surface area contributed by atoms with Gasteiger partial charge in [0.15, 0.2) is 0 Å². The summed E-state index contributed by atoms with van der Waals surface area (Å²) in [5.74, 6) is -0.178. The number of sulfonamides is 1. The van der Waals surface area contributed by atoms with Crippen LogP contribution in [0.1, 0.15) is 37.8 Å². The van der Waals surface area contributed by atoms with Gasteiger partial charge in [-0.15, -0.1) is 11.3 Å². The number of hydrogen-bond acceptors (Lipinski definition) is 4. The molecule has 1 aromatic heterocycles. The summed E-state index contributed by atoms with van der Waals surface area (Å²) in [4.78, 5) is 12.9. The zero-order valence-electron chi connectivity index (χ0n) is 16.1. The van der Waals surface area contributed by atoms with Gasteiger partial charge in [0.05, 0.1) is 3.79 Å². The Morgan fingerprint density at radius 3 is 2.25 bits per heavy atom. The zero-order chi connectivity index (χ0) is 20.3. The summed E-state index contributed by atoms with van der Waals surface area (Å²) in [6, 6.07) is 9.48. The van der Waals surface area contributed by atoms with Crippen molar-refractivity contribution in [3.63, 3.8) is 0 Å². The molecule has 8 heteroatoms. The minimum atomic E-state index is -3.48. The van der Waals surface area contributed by atoms with E-state index in [4.69, 9.17) is 0 Å². The first-order valence-electron chi connectivity index (χ1n) is 9.54. The van der Waals surface area contributed by atoms with Crippen molar-refractivity contribution in [1.82, 2.24) is 4.31 Å². The third-order valence-corrected chi connectivity index (χ3v) is 9.20. The highest BCUT2D eigenvalue weighted by molar-refractivity contribution is 9.11. The van der Waals surface area contributed by atoms with Crippen molar-refractivity contribution in [2.45, 2.75) is 43.7 Å². The van der Waals surface area contributed by atoms with Crippen LogP contribution < -0.4 is 5.32 Å². The standard InChI is InChI=1S/C20H25BrN2O3S2/c1-3-14-6-5-7-15(4-2)19(14)22-20(24)16-10-12-23(13-11-16)28(25,26)18-9-8-17(21)27-18/h5-9,16H,3-4,10-13H2,1-2H3,(H,22,24). The van der Waals surface area contributed by atoms with Crippen LogP contribution in [0.15, 0.2) is 38.3 Å². The lowest BCUT2D eigenvalue weighted by molar-refractivity contribution is -0.120. The molecule has 1 aliphatic heterocycles. The van der Waals surface area contributed by atoms with Crippen molar-refractivity contribution in [2.24, 2.45) is 5.92 Å². The Morgan fingerprint density at radius 1 is 1.14 bits per heavy atom. The molecule has 0 aliphatic carbocycles. The molecule has 1 aliphatic rings. The fraction of sp³-hybridized carbons (Fsp3) is 0.450. The van der Waals surface area contributed by atoms with Crippen molar-refractivity contribution in [2.75, 3.05) is 18.4 Å². The maximum Gasteiger partial charge on any atom is 0.252 e. The quantitative estimate of drug-likeness (QED) is 0.647. The first-order valence-corrected chi connectivity index (χ1v) is 12.6. The molecule has 0 saturated carbocycles. The molecule has 1 amide bonds. The van der Waals surface area contributed by atoms with E-state index in [1.165, 1.54) is 15.6 Å². The van der Waals surface area contributed by atoms with E-state index >= 15 is 0 Å². The molecule has 1 N–H and O–H groups in total. The number of benzene rings is 1. The fourth-order valence-corrected chi connectivity index (χ4v) is 7.18. The van der Waals surface area contributed by atoms with Gasteiger partial charge < -0.3 is 5.32 Å². The Bertz CT molecular complexity index is 926. The van der Waals surface area contributed by atoms with Gasteiger partial charge in [-0.3, -0.25) is 4.79 Å². The number of piperidine rings is 1. The first-order chi connectivity index (χ1) is 13.4. The molecule has 2 heterocycles. The monoisotopic (exact) mass is 484 g/mol. The summed E-state index contributed by atoms with van der Waals surface area (Å²) in [5, 5.41) is 3.13.